The van der Waals surface area contributed by atoms with E-state index in [0.717, 1.165) is 0 Å². The first-order chi connectivity index (χ1) is 7.06. The van der Waals surface area contributed by atoms with Crippen LogP contribution < -0.4 is 0 Å². The van der Waals surface area contributed by atoms with Crippen LogP contribution in [-0.2, 0) is 16.0 Å². The summed E-state index contributed by atoms with van der Waals surface area (Å²) in [5, 5.41) is 10.6. The predicted molar refractivity (Wildman–Crippen MR) is 51.6 cm³/mol. The Morgan fingerprint density at radius 2 is 2.40 bits per heavy atom. The van der Waals surface area contributed by atoms with Crippen LogP contribution in [0.4, 0.5) is 5.69 Å². The highest BCUT2D eigenvalue weighted by atomic mass is 35.5. The van der Waals surface area contributed by atoms with Crippen LogP contribution in [-0.4, -0.2) is 23.0 Å². The number of pyridine rings is 1. The van der Waals surface area contributed by atoms with Crippen LogP contribution >= 0.6 is 11.6 Å². The summed E-state index contributed by atoms with van der Waals surface area (Å²) in [7, 11) is 1.19. The van der Waals surface area contributed by atoms with E-state index >= 15 is 0 Å². The maximum atomic E-state index is 10.9. The second-order valence-corrected chi connectivity index (χ2v) is 3.01. The molecule has 0 aliphatic heterocycles. The van der Waals surface area contributed by atoms with E-state index in [9.17, 15) is 14.9 Å². The molecule has 0 fully saturated rings. The van der Waals surface area contributed by atoms with Gasteiger partial charge in [0, 0.05) is 6.20 Å². The maximum Gasteiger partial charge on any atom is 0.311 e. The second-order valence-electron chi connectivity index (χ2n) is 2.60. The Morgan fingerprint density at radius 3 is 2.93 bits per heavy atom. The highest BCUT2D eigenvalue weighted by molar-refractivity contribution is 6.32. The lowest BCUT2D eigenvalue weighted by Gasteiger charge is -2.01. The Labute approximate surface area is 90.0 Å². The molecule has 0 saturated carbocycles. The second kappa shape index (κ2) is 4.70. The largest absolute Gasteiger partial charge is 0.469 e. The Hall–Kier alpha value is -1.69. The van der Waals surface area contributed by atoms with Crippen molar-refractivity contribution in [3.63, 3.8) is 0 Å². The van der Waals surface area contributed by atoms with Crippen LogP contribution in [0.3, 0.4) is 0 Å². The monoisotopic (exact) mass is 230 g/mol. The molecule has 1 aromatic rings. The first-order valence-corrected chi connectivity index (χ1v) is 4.28. The molecule has 7 heteroatoms. The number of rotatable bonds is 3. The number of nitrogens with zero attached hydrogens (tertiary/aromatic N) is 2. The fraction of sp³-hybridized carbons (Fsp3) is 0.250. The first kappa shape index (κ1) is 11.4. The number of hydrogen-bond donors (Lipinski definition) is 0. The van der Waals surface area contributed by atoms with Crippen LogP contribution in [0.5, 0.6) is 0 Å². The van der Waals surface area contributed by atoms with Crippen molar-refractivity contribution in [3.05, 3.63) is 33.1 Å². The average molecular weight is 231 g/mol. The molecule has 1 rings (SSSR count). The summed E-state index contributed by atoms with van der Waals surface area (Å²) in [5.74, 6) is -0.604. The minimum atomic E-state index is -0.673. The number of methoxy groups -OCH3 is 1. The van der Waals surface area contributed by atoms with Crippen molar-refractivity contribution in [2.45, 2.75) is 6.42 Å². The normalized spacial score (nSPS) is 9.73. The average Bonchev–Trinajstić information content (AvgIpc) is 2.17. The lowest BCUT2D eigenvalue weighted by atomic mass is 10.2. The third kappa shape index (κ3) is 2.63. The van der Waals surface area contributed by atoms with Gasteiger partial charge in [0.25, 0.3) is 0 Å². The van der Waals surface area contributed by atoms with Crippen molar-refractivity contribution < 1.29 is 14.5 Å². The predicted octanol–water partition coefficient (Wildman–Crippen LogP) is 1.36. The number of halogens is 1. The molecule has 0 spiro atoms. The molecule has 0 N–H and O–H groups in total. The Bertz CT molecular complexity index is 408. The van der Waals surface area contributed by atoms with Crippen molar-refractivity contribution in [1.29, 1.82) is 0 Å². The van der Waals surface area contributed by atoms with Gasteiger partial charge < -0.3 is 4.74 Å². The molecule has 1 heterocycles. The van der Waals surface area contributed by atoms with E-state index in [1.165, 1.54) is 19.4 Å². The van der Waals surface area contributed by atoms with Gasteiger partial charge in [-0.2, -0.15) is 0 Å². The highest BCUT2D eigenvalue weighted by Crippen LogP contribution is 2.26. The van der Waals surface area contributed by atoms with Gasteiger partial charge in [0.2, 0.25) is 0 Å². The smallest absolute Gasteiger partial charge is 0.311 e. The van der Waals surface area contributed by atoms with E-state index in [2.05, 4.69) is 9.72 Å². The van der Waals surface area contributed by atoms with Crippen LogP contribution in [0.15, 0.2) is 12.3 Å². The van der Waals surface area contributed by atoms with Crippen LogP contribution in [0, 0.1) is 10.1 Å². The summed E-state index contributed by atoms with van der Waals surface area (Å²) in [6, 6.07) is 1.29. The lowest BCUT2D eigenvalue weighted by molar-refractivity contribution is -0.385. The third-order valence-electron chi connectivity index (χ3n) is 1.67. The summed E-state index contributed by atoms with van der Waals surface area (Å²) in [4.78, 5) is 24.6. The molecule has 0 atom stereocenters. The van der Waals surface area contributed by atoms with E-state index in [1.807, 2.05) is 0 Å². The number of carbonyl (C=O) groups is 1. The Balaban J connectivity index is 3.11. The maximum absolute atomic E-state index is 10.9. The van der Waals surface area contributed by atoms with Gasteiger partial charge in [-0.25, -0.2) is 0 Å². The van der Waals surface area contributed by atoms with Gasteiger partial charge in [-0.1, -0.05) is 11.6 Å². The van der Waals surface area contributed by atoms with E-state index < -0.39 is 10.9 Å². The molecule has 0 saturated heterocycles. The van der Waals surface area contributed by atoms with Crippen LogP contribution in [0.1, 0.15) is 5.69 Å². The quantitative estimate of drug-likeness (QED) is 0.445. The number of hydrogen-bond acceptors (Lipinski definition) is 5. The molecule has 80 valence electrons. The lowest BCUT2D eigenvalue weighted by Crippen LogP contribution is -2.08. The molecule has 0 radical (unpaired) electrons. The number of nitro groups is 1. The molecular weight excluding hydrogens is 224 g/mol. The van der Waals surface area contributed by atoms with Gasteiger partial charge in [-0.3, -0.25) is 19.9 Å². The van der Waals surface area contributed by atoms with Crippen molar-refractivity contribution >= 4 is 23.3 Å². The fourth-order valence-electron chi connectivity index (χ4n) is 1.00. The zero-order chi connectivity index (χ0) is 11.4. The zero-order valence-electron chi connectivity index (χ0n) is 7.77. The van der Waals surface area contributed by atoms with Crippen molar-refractivity contribution in [1.82, 2.24) is 4.98 Å². The van der Waals surface area contributed by atoms with Crippen LogP contribution in [0.2, 0.25) is 5.02 Å². The van der Waals surface area contributed by atoms with E-state index in [1.54, 1.807) is 0 Å². The minimum Gasteiger partial charge on any atom is -0.469 e. The molecule has 0 aliphatic carbocycles. The number of ether oxygens (including phenoxy) is 1. The zero-order valence-corrected chi connectivity index (χ0v) is 8.52. The molecule has 0 aromatic carbocycles. The molecule has 6 nitrogen and oxygen atoms in total. The molecule has 0 aliphatic rings. The summed E-state index contributed by atoms with van der Waals surface area (Å²) in [6.45, 7) is 0. The summed E-state index contributed by atoms with van der Waals surface area (Å²) in [5.41, 5.74) is -0.357. The van der Waals surface area contributed by atoms with Crippen molar-refractivity contribution in [2.24, 2.45) is 0 Å². The first-order valence-electron chi connectivity index (χ1n) is 3.91. The van der Waals surface area contributed by atoms with Gasteiger partial charge in [0.1, 0.15) is 10.7 Å². The van der Waals surface area contributed by atoms with Crippen LogP contribution in [0.25, 0.3) is 0 Å². The summed E-state index contributed by atoms with van der Waals surface area (Å²) >= 11 is 5.62. The topological polar surface area (TPSA) is 82.3 Å². The molecule has 0 unspecified atom stereocenters. The molecule has 15 heavy (non-hydrogen) atoms. The third-order valence-corrected chi connectivity index (χ3v) is 1.98. The van der Waals surface area contributed by atoms with Crippen molar-refractivity contribution in [3.8, 4) is 0 Å². The van der Waals surface area contributed by atoms with E-state index in [0.29, 0.717) is 0 Å². The number of aromatic nitrogens is 1. The number of esters is 1. The highest BCUT2D eigenvalue weighted by Gasteiger charge is 2.21. The van der Waals surface area contributed by atoms with Gasteiger partial charge in [0.05, 0.1) is 18.5 Å². The SMILES string of the molecule is COC(=O)Cc1nccc(Cl)c1[N+](=O)[O-]. The summed E-state index contributed by atoms with van der Waals surface area (Å²) in [6.07, 6.45) is 1.03. The summed E-state index contributed by atoms with van der Waals surface area (Å²) < 4.78 is 4.38. The van der Waals surface area contributed by atoms with Gasteiger partial charge in [-0.05, 0) is 6.07 Å². The molecule has 0 bridgehead atoms. The van der Waals surface area contributed by atoms with E-state index in [-0.39, 0.29) is 22.8 Å². The molecular formula is C8H7ClN2O4. The van der Waals surface area contributed by atoms with Gasteiger partial charge in [-0.15, -0.1) is 0 Å². The minimum absolute atomic E-state index is 0.000602. The van der Waals surface area contributed by atoms with Gasteiger partial charge >= 0.3 is 11.7 Å². The van der Waals surface area contributed by atoms with E-state index in [4.69, 9.17) is 11.6 Å². The number of carbonyl (C=O) groups excluding carboxylic acids is 1. The molecule has 0 amide bonds. The Morgan fingerprint density at radius 1 is 1.73 bits per heavy atom. The fourth-order valence-corrected chi connectivity index (χ4v) is 1.24. The van der Waals surface area contributed by atoms with Gasteiger partial charge in [0.15, 0.2) is 0 Å². The Kier molecular flexibility index (Phi) is 3.56. The van der Waals surface area contributed by atoms with Crippen molar-refractivity contribution in [2.75, 3.05) is 7.11 Å². The standard InChI is InChI=1S/C8H7ClN2O4/c1-15-7(12)4-6-8(11(13)14)5(9)2-3-10-6/h2-3H,4H2,1H3. The molecule has 1 aromatic heterocycles.